The molecule has 0 fully saturated rings. The molecular formula is C16H30O4. The average molecular weight is 286 g/mol. The molecule has 0 saturated carbocycles. The summed E-state index contributed by atoms with van der Waals surface area (Å²) in [7, 11) is 0. The van der Waals surface area contributed by atoms with Crippen LogP contribution in [0.3, 0.4) is 0 Å². The van der Waals surface area contributed by atoms with Crippen molar-refractivity contribution in [2.75, 3.05) is 13.2 Å². The van der Waals surface area contributed by atoms with Crippen molar-refractivity contribution in [1.29, 1.82) is 0 Å². The number of hydrogen-bond donors (Lipinski definition) is 0. The van der Waals surface area contributed by atoms with Crippen LogP contribution in [0.2, 0.25) is 0 Å². The number of ether oxygens (including phenoxy) is 2. The zero-order valence-corrected chi connectivity index (χ0v) is 13.4. The molecule has 0 aromatic heterocycles. The van der Waals surface area contributed by atoms with Gasteiger partial charge in [-0.25, -0.2) is 0 Å². The van der Waals surface area contributed by atoms with Crippen LogP contribution in [0.5, 0.6) is 0 Å². The summed E-state index contributed by atoms with van der Waals surface area (Å²) in [6, 6.07) is 0. The second-order valence-electron chi connectivity index (χ2n) is 4.46. The molecule has 0 aliphatic carbocycles. The summed E-state index contributed by atoms with van der Waals surface area (Å²) in [6.45, 7) is 8.13. The van der Waals surface area contributed by atoms with Crippen LogP contribution in [0.25, 0.3) is 0 Å². The number of esters is 2. The van der Waals surface area contributed by atoms with E-state index in [1.54, 1.807) is 0 Å². The van der Waals surface area contributed by atoms with Gasteiger partial charge in [0.2, 0.25) is 0 Å². The van der Waals surface area contributed by atoms with Crippen molar-refractivity contribution in [3.8, 4) is 0 Å². The maximum atomic E-state index is 10.3. The largest absolute Gasteiger partial charge is 0.466 e. The number of carbonyl (C=O) groups is 2. The third-order valence-corrected chi connectivity index (χ3v) is 2.31. The Morgan fingerprint density at radius 1 is 0.850 bits per heavy atom. The van der Waals surface area contributed by atoms with Crippen LogP contribution in [0.15, 0.2) is 12.2 Å². The van der Waals surface area contributed by atoms with Gasteiger partial charge in [0.1, 0.15) is 6.61 Å². The highest BCUT2D eigenvalue weighted by Gasteiger charge is 1.91. The van der Waals surface area contributed by atoms with Gasteiger partial charge in [-0.05, 0) is 12.8 Å². The predicted molar refractivity (Wildman–Crippen MR) is 81.5 cm³/mol. The summed E-state index contributed by atoms with van der Waals surface area (Å²) in [5.74, 6) is -0.391. The first-order valence-corrected chi connectivity index (χ1v) is 7.46. The summed E-state index contributed by atoms with van der Waals surface area (Å²) in [4.78, 5) is 20.5. The first kappa shape index (κ1) is 21.0. The molecule has 0 amide bonds. The van der Waals surface area contributed by atoms with Crippen molar-refractivity contribution >= 4 is 11.9 Å². The van der Waals surface area contributed by atoms with Crippen molar-refractivity contribution in [3.05, 3.63) is 12.2 Å². The molecule has 0 aromatic carbocycles. The zero-order valence-electron chi connectivity index (χ0n) is 13.4. The monoisotopic (exact) mass is 286 g/mol. The van der Waals surface area contributed by atoms with Gasteiger partial charge in [-0.15, -0.1) is 0 Å². The van der Waals surface area contributed by atoms with E-state index in [2.05, 4.69) is 18.6 Å². The molecule has 4 heteroatoms. The molecule has 0 spiro atoms. The van der Waals surface area contributed by atoms with E-state index in [1.165, 1.54) is 33.1 Å². The fourth-order valence-electron chi connectivity index (χ4n) is 1.26. The molecule has 0 radical (unpaired) electrons. The smallest absolute Gasteiger partial charge is 0.302 e. The number of unbranched alkanes of at least 4 members (excludes halogenated alkanes) is 4. The lowest BCUT2D eigenvalue weighted by Gasteiger charge is -1.99. The quantitative estimate of drug-likeness (QED) is 0.365. The number of hydrogen-bond acceptors (Lipinski definition) is 4. The van der Waals surface area contributed by atoms with Crippen LogP contribution in [0.4, 0.5) is 0 Å². The molecule has 0 N–H and O–H groups in total. The molecule has 0 aliphatic heterocycles. The van der Waals surface area contributed by atoms with Crippen LogP contribution < -0.4 is 0 Å². The fraction of sp³-hybridized carbons (Fsp3) is 0.750. The highest BCUT2D eigenvalue weighted by Crippen LogP contribution is 1.98. The second kappa shape index (κ2) is 17.7. The van der Waals surface area contributed by atoms with E-state index in [1.807, 2.05) is 12.2 Å². The summed E-state index contributed by atoms with van der Waals surface area (Å²) in [5, 5.41) is 0. The second-order valence-corrected chi connectivity index (χ2v) is 4.46. The van der Waals surface area contributed by atoms with Crippen molar-refractivity contribution in [2.24, 2.45) is 0 Å². The third kappa shape index (κ3) is 25.5. The van der Waals surface area contributed by atoms with Gasteiger partial charge >= 0.3 is 11.9 Å². The van der Waals surface area contributed by atoms with E-state index in [4.69, 9.17) is 4.74 Å². The molecule has 0 aromatic rings. The molecular weight excluding hydrogens is 256 g/mol. The maximum absolute atomic E-state index is 10.3. The molecule has 0 heterocycles. The lowest BCUT2D eigenvalue weighted by atomic mass is 10.2. The van der Waals surface area contributed by atoms with Crippen molar-refractivity contribution in [2.45, 2.75) is 66.2 Å². The maximum Gasteiger partial charge on any atom is 0.302 e. The van der Waals surface area contributed by atoms with Gasteiger partial charge in [0.15, 0.2) is 0 Å². The van der Waals surface area contributed by atoms with E-state index < -0.39 is 0 Å². The molecule has 0 saturated heterocycles. The minimum absolute atomic E-state index is 0.170. The van der Waals surface area contributed by atoms with E-state index >= 15 is 0 Å². The lowest BCUT2D eigenvalue weighted by molar-refractivity contribution is -0.141. The predicted octanol–water partition coefficient (Wildman–Crippen LogP) is 4.04. The summed E-state index contributed by atoms with van der Waals surface area (Å²) in [5.41, 5.74) is 0. The van der Waals surface area contributed by atoms with Gasteiger partial charge in [-0.2, -0.15) is 0 Å². The molecule has 4 nitrogen and oxygen atoms in total. The molecule has 20 heavy (non-hydrogen) atoms. The van der Waals surface area contributed by atoms with Crippen molar-refractivity contribution < 1.29 is 19.1 Å². The standard InChI is InChI=1S/C8H16O2.C8H14O2/c2*1-3-4-5-6-7-10-8(2)9/h3-7H2,1-2H3;5-6H,3-4,7H2,1-2H3/b;6-5+. The molecule has 0 unspecified atom stereocenters. The van der Waals surface area contributed by atoms with Crippen LogP contribution in [0.1, 0.15) is 66.2 Å². The Balaban J connectivity index is 0. The van der Waals surface area contributed by atoms with E-state index in [0.29, 0.717) is 13.2 Å². The number of carbonyl (C=O) groups excluding carboxylic acids is 2. The molecule has 0 atom stereocenters. The minimum Gasteiger partial charge on any atom is -0.466 e. The van der Waals surface area contributed by atoms with Crippen LogP contribution >= 0.6 is 0 Å². The summed E-state index contributed by atoms with van der Waals surface area (Å²) < 4.78 is 9.41. The highest BCUT2D eigenvalue weighted by molar-refractivity contribution is 5.66. The lowest BCUT2D eigenvalue weighted by Crippen LogP contribution is -1.99. The van der Waals surface area contributed by atoms with Gasteiger partial charge in [0.05, 0.1) is 6.61 Å². The summed E-state index contributed by atoms with van der Waals surface area (Å²) in [6.07, 6.45) is 10.7. The van der Waals surface area contributed by atoms with Gasteiger partial charge in [0, 0.05) is 13.8 Å². The topological polar surface area (TPSA) is 52.6 Å². The van der Waals surface area contributed by atoms with E-state index in [0.717, 1.165) is 19.3 Å². The van der Waals surface area contributed by atoms with Gasteiger partial charge < -0.3 is 9.47 Å². The normalized spacial score (nSPS) is 9.80. The van der Waals surface area contributed by atoms with Crippen molar-refractivity contribution in [3.63, 3.8) is 0 Å². The Kier molecular flexibility index (Phi) is 18.6. The number of allylic oxidation sites excluding steroid dienone is 1. The van der Waals surface area contributed by atoms with Crippen LogP contribution in [-0.4, -0.2) is 25.2 Å². The Labute approximate surface area is 123 Å². The molecule has 0 aliphatic rings. The van der Waals surface area contributed by atoms with Crippen LogP contribution in [0, 0.1) is 0 Å². The molecule has 0 bridgehead atoms. The van der Waals surface area contributed by atoms with E-state index in [9.17, 15) is 9.59 Å². The first-order valence-electron chi connectivity index (χ1n) is 7.46. The number of rotatable bonds is 9. The van der Waals surface area contributed by atoms with Gasteiger partial charge in [-0.3, -0.25) is 9.59 Å². The highest BCUT2D eigenvalue weighted by atomic mass is 16.5. The summed E-state index contributed by atoms with van der Waals surface area (Å²) >= 11 is 0. The zero-order chi connectivity index (χ0) is 15.6. The Morgan fingerprint density at radius 2 is 1.50 bits per heavy atom. The minimum atomic E-state index is -0.221. The van der Waals surface area contributed by atoms with Crippen molar-refractivity contribution in [1.82, 2.24) is 0 Å². The van der Waals surface area contributed by atoms with Gasteiger partial charge in [-0.1, -0.05) is 51.7 Å². The van der Waals surface area contributed by atoms with E-state index in [-0.39, 0.29) is 11.9 Å². The molecule has 118 valence electrons. The third-order valence-electron chi connectivity index (χ3n) is 2.31. The van der Waals surface area contributed by atoms with Crippen LogP contribution in [-0.2, 0) is 19.1 Å². The Hall–Kier alpha value is -1.32. The SMILES string of the molecule is CCC/C=C/COC(C)=O.CCCCCCOC(C)=O. The van der Waals surface area contributed by atoms with Gasteiger partial charge in [0.25, 0.3) is 0 Å². The average Bonchev–Trinajstić information content (AvgIpc) is 2.38. The Bertz CT molecular complexity index is 259. The molecule has 0 rings (SSSR count). The fourth-order valence-corrected chi connectivity index (χ4v) is 1.26. The Morgan fingerprint density at radius 3 is 2.00 bits per heavy atom. The first-order chi connectivity index (χ1) is 9.54.